The molecular formula is C13H27NO2. The summed E-state index contributed by atoms with van der Waals surface area (Å²) < 4.78 is 10.9. The van der Waals surface area contributed by atoms with Gasteiger partial charge in [0.2, 0.25) is 0 Å². The molecule has 0 bridgehead atoms. The maximum Gasteiger partial charge on any atom is 0.172 e. The van der Waals surface area contributed by atoms with Crippen LogP contribution in [0.2, 0.25) is 0 Å². The Morgan fingerprint density at radius 2 is 1.75 bits per heavy atom. The molecule has 1 unspecified atom stereocenters. The molecule has 0 saturated carbocycles. The summed E-state index contributed by atoms with van der Waals surface area (Å²) in [6.07, 6.45) is 7.30. The highest BCUT2D eigenvalue weighted by Crippen LogP contribution is 2.10. The third kappa shape index (κ3) is 7.85. The number of allylic oxidation sites excluding steroid dienone is 1. The van der Waals surface area contributed by atoms with Crippen molar-refractivity contribution in [2.75, 3.05) is 13.2 Å². The van der Waals surface area contributed by atoms with E-state index in [-0.39, 0.29) is 12.3 Å². The van der Waals surface area contributed by atoms with E-state index in [9.17, 15) is 0 Å². The molecule has 0 rings (SSSR count). The fraction of sp³-hybridized carbons (Fsp3) is 0.846. The average Bonchev–Trinajstić information content (AvgIpc) is 2.28. The highest BCUT2D eigenvalue weighted by Gasteiger charge is 2.17. The topological polar surface area (TPSA) is 44.5 Å². The van der Waals surface area contributed by atoms with Crippen LogP contribution in [0.25, 0.3) is 0 Å². The number of nitrogens with two attached hydrogens (primary N) is 1. The van der Waals surface area contributed by atoms with Crippen LogP contribution in [-0.2, 0) is 9.47 Å². The summed E-state index contributed by atoms with van der Waals surface area (Å²) >= 11 is 0. The van der Waals surface area contributed by atoms with Crippen molar-refractivity contribution in [2.45, 2.75) is 58.3 Å². The first-order chi connectivity index (χ1) is 7.76. The van der Waals surface area contributed by atoms with Crippen molar-refractivity contribution in [2.24, 2.45) is 5.73 Å². The van der Waals surface area contributed by atoms with Crippen LogP contribution in [-0.4, -0.2) is 25.5 Å². The summed E-state index contributed by atoms with van der Waals surface area (Å²) in [4.78, 5) is 0. The molecule has 1 atom stereocenters. The monoisotopic (exact) mass is 229 g/mol. The predicted molar refractivity (Wildman–Crippen MR) is 68.3 cm³/mol. The molecule has 96 valence electrons. The van der Waals surface area contributed by atoms with Gasteiger partial charge in [0.15, 0.2) is 6.29 Å². The van der Waals surface area contributed by atoms with Gasteiger partial charge in [0.25, 0.3) is 0 Å². The molecule has 0 aromatic rings. The summed E-state index contributed by atoms with van der Waals surface area (Å²) in [7, 11) is 0. The first-order valence-corrected chi connectivity index (χ1v) is 6.35. The number of ether oxygens (including phenoxy) is 2. The second kappa shape index (κ2) is 11.1. The van der Waals surface area contributed by atoms with Gasteiger partial charge in [-0.2, -0.15) is 0 Å². The minimum Gasteiger partial charge on any atom is -0.351 e. The minimum absolute atomic E-state index is 0.0105. The Morgan fingerprint density at radius 1 is 1.12 bits per heavy atom. The van der Waals surface area contributed by atoms with Crippen LogP contribution >= 0.6 is 0 Å². The Morgan fingerprint density at radius 3 is 2.25 bits per heavy atom. The maximum atomic E-state index is 6.03. The molecule has 0 aliphatic rings. The summed E-state index contributed by atoms with van der Waals surface area (Å²) in [6.45, 7) is 8.92. The van der Waals surface area contributed by atoms with E-state index < -0.39 is 0 Å². The number of unbranched alkanes of at least 4 members (excludes halogenated alkanes) is 3. The van der Waals surface area contributed by atoms with Crippen LogP contribution in [0.3, 0.4) is 0 Å². The Kier molecular flexibility index (Phi) is 10.9. The Hall–Kier alpha value is -0.380. The molecule has 0 aliphatic carbocycles. The molecule has 0 fully saturated rings. The van der Waals surface area contributed by atoms with E-state index in [0.29, 0.717) is 13.2 Å². The van der Waals surface area contributed by atoms with Crippen molar-refractivity contribution in [3.63, 3.8) is 0 Å². The Bertz CT molecular complexity index is 156. The molecule has 0 aliphatic heterocycles. The van der Waals surface area contributed by atoms with E-state index in [4.69, 9.17) is 15.2 Å². The molecular weight excluding hydrogens is 202 g/mol. The molecule has 2 N–H and O–H groups in total. The van der Waals surface area contributed by atoms with Gasteiger partial charge in [0.1, 0.15) is 0 Å². The largest absolute Gasteiger partial charge is 0.351 e. The predicted octanol–water partition coefficient (Wildman–Crippen LogP) is 2.85. The van der Waals surface area contributed by atoms with Crippen molar-refractivity contribution in [1.82, 2.24) is 0 Å². The van der Waals surface area contributed by atoms with Crippen LogP contribution in [0.1, 0.15) is 46.0 Å². The van der Waals surface area contributed by atoms with Gasteiger partial charge in [0, 0.05) is 13.2 Å². The highest BCUT2D eigenvalue weighted by atomic mass is 16.7. The molecule has 0 heterocycles. The molecule has 0 spiro atoms. The zero-order valence-electron chi connectivity index (χ0n) is 10.8. The van der Waals surface area contributed by atoms with Crippen LogP contribution < -0.4 is 5.73 Å². The summed E-state index contributed by atoms with van der Waals surface area (Å²) in [6, 6.07) is -0.0105. The molecule has 3 nitrogen and oxygen atoms in total. The van der Waals surface area contributed by atoms with E-state index in [2.05, 4.69) is 6.58 Å². The molecule has 0 amide bonds. The maximum absolute atomic E-state index is 6.03. The second-order valence-electron chi connectivity index (χ2n) is 3.87. The number of rotatable bonds is 11. The van der Waals surface area contributed by atoms with Gasteiger partial charge in [-0.15, -0.1) is 6.58 Å². The van der Waals surface area contributed by atoms with Gasteiger partial charge in [-0.05, 0) is 33.1 Å². The van der Waals surface area contributed by atoms with Crippen LogP contribution in [0.5, 0.6) is 0 Å². The lowest BCUT2D eigenvalue weighted by atomic mass is 10.1. The zero-order chi connectivity index (χ0) is 12.2. The highest BCUT2D eigenvalue weighted by molar-refractivity contribution is 4.68. The van der Waals surface area contributed by atoms with E-state index in [1.54, 1.807) is 0 Å². The van der Waals surface area contributed by atoms with Gasteiger partial charge in [-0.3, -0.25) is 0 Å². The van der Waals surface area contributed by atoms with Gasteiger partial charge < -0.3 is 15.2 Å². The normalized spacial score (nSPS) is 13.0. The van der Waals surface area contributed by atoms with Crippen molar-refractivity contribution < 1.29 is 9.47 Å². The summed E-state index contributed by atoms with van der Waals surface area (Å²) in [5, 5.41) is 0. The van der Waals surface area contributed by atoms with Crippen LogP contribution in [0, 0.1) is 0 Å². The van der Waals surface area contributed by atoms with E-state index in [0.717, 1.165) is 19.3 Å². The zero-order valence-corrected chi connectivity index (χ0v) is 10.8. The Labute approximate surface area is 100.0 Å². The average molecular weight is 229 g/mol. The van der Waals surface area contributed by atoms with Crippen LogP contribution in [0.4, 0.5) is 0 Å². The van der Waals surface area contributed by atoms with Crippen LogP contribution in [0.15, 0.2) is 12.7 Å². The fourth-order valence-corrected chi connectivity index (χ4v) is 1.61. The van der Waals surface area contributed by atoms with Gasteiger partial charge in [-0.1, -0.05) is 18.9 Å². The van der Waals surface area contributed by atoms with E-state index in [1.165, 1.54) is 12.8 Å². The molecule has 0 aromatic heterocycles. The number of hydrogen-bond acceptors (Lipinski definition) is 3. The second-order valence-corrected chi connectivity index (χ2v) is 3.87. The minimum atomic E-state index is -0.241. The smallest absolute Gasteiger partial charge is 0.172 e. The van der Waals surface area contributed by atoms with Crippen molar-refractivity contribution in [1.29, 1.82) is 0 Å². The third-order valence-corrected chi connectivity index (χ3v) is 2.46. The van der Waals surface area contributed by atoms with Gasteiger partial charge in [0.05, 0.1) is 6.04 Å². The molecule has 0 saturated heterocycles. The molecule has 0 aromatic carbocycles. The van der Waals surface area contributed by atoms with Crippen molar-refractivity contribution in [3.05, 3.63) is 12.7 Å². The van der Waals surface area contributed by atoms with Gasteiger partial charge >= 0.3 is 0 Å². The SMILES string of the molecule is C=CCCCCCC(N)C(OCC)OCC. The molecule has 3 heteroatoms. The fourth-order valence-electron chi connectivity index (χ4n) is 1.61. The molecule has 0 radical (unpaired) electrons. The van der Waals surface area contributed by atoms with Gasteiger partial charge in [-0.25, -0.2) is 0 Å². The standard InChI is InChI=1S/C13H27NO2/c1-4-7-8-9-10-11-12(14)13(15-5-2)16-6-3/h4,12-13H,1,5-11,14H2,2-3H3. The lowest BCUT2D eigenvalue weighted by Gasteiger charge is -2.23. The molecule has 16 heavy (non-hydrogen) atoms. The van der Waals surface area contributed by atoms with E-state index >= 15 is 0 Å². The lowest BCUT2D eigenvalue weighted by Crippen LogP contribution is -2.38. The quantitative estimate of drug-likeness (QED) is 0.336. The summed E-state index contributed by atoms with van der Waals surface area (Å²) in [5.74, 6) is 0. The van der Waals surface area contributed by atoms with Crippen molar-refractivity contribution >= 4 is 0 Å². The Balaban J connectivity index is 3.64. The lowest BCUT2D eigenvalue weighted by molar-refractivity contribution is -0.149. The van der Waals surface area contributed by atoms with E-state index in [1.807, 2.05) is 19.9 Å². The first kappa shape index (κ1) is 15.6. The number of hydrogen-bond donors (Lipinski definition) is 1. The summed E-state index contributed by atoms with van der Waals surface area (Å²) in [5.41, 5.74) is 6.03. The van der Waals surface area contributed by atoms with Crippen molar-refractivity contribution in [3.8, 4) is 0 Å². The first-order valence-electron chi connectivity index (χ1n) is 6.35. The third-order valence-electron chi connectivity index (χ3n) is 2.46.